The summed E-state index contributed by atoms with van der Waals surface area (Å²) in [5, 5.41) is 10.8. The van der Waals surface area contributed by atoms with E-state index in [1.54, 1.807) is 0 Å². The topological polar surface area (TPSA) is 68.3 Å². The Labute approximate surface area is 152 Å². The molecule has 0 atom stereocenters. The lowest BCUT2D eigenvalue weighted by molar-refractivity contribution is 1.15. The van der Waals surface area contributed by atoms with Gasteiger partial charge in [0, 0.05) is 22.7 Å². The maximum absolute atomic E-state index is 9.70. The van der Waals surface area contributed by atoms with Gasteiger partial charge in [-0.25, -0.2) is 4.98 Å². The third kappa shape index (κ3) is 2.58. The fourth-order valence-electron chi connectivity index (χ4n) is 3.36. The second-order valence-corrected chi connectivity index (χ2v) is 6.65. The zero-order chi connectivity index (χ0) is 18.3. The predicted octanol–water partition coefficient (Wildman–Crippen LogP) is 5.29. The minimum absolute atomic E-state index is 0.527. The molecule has 0 amide bonds. The van der Waals surface area contributed by atoms with Gasteiger partial charge in [0.15, 0.2) is 0 Å². The largest absolute Gasteiger partial charge is 0.360 e. The number of nitrogens with zero attached hydrogens (tertiary/aromatic N) is 2. The zero-order valence-corrected chi connectivity index (χ0v) is 15.1. The monoisotopic (exact) mass is 340 g/mol. The van der Waals surface area contributed by atoms with Gasteiger partial charge in [0.2, 0.25) is 0 Å². The second kappa shape index (κ2) is 6.20. The van der Waals surface area contributed by atoms with E-state index in [9.17, 15) is 5.26 Å². The number of allylic oxidation sites excluding steroid dienone is 1. The average molecular weight is 340 g/mol. The summed E-state index contributed by atoms with van der Waals surface area (Å²) in [6.45, 7) is 6.29. The smallest absolute Gasteiger partial charge is 0.149 e. The van der Waals surface area contributed by atoms with Crippen molar-refractivity contribution in [3.8, 4) is 6.07 Å². The predicted molar refractivity (Wildman–Crippen MR) is 107 cm³/mol. The molecule has 0 saturated carbocycles. The zero-order valence-electron chi connectivity index (χ0n) is 15.1. The van der Waals surface area contributed by atoms with Crippen molar-refractivity contribution < 1.29 is 0 Å². The number of rotatable bonds is 3. The lowest BCUT2D eigenvalue weighted by Gasteiger charge is -1.99. The first-order chi connectivity index (χ1) is 12.6. The molecule has 2 N–H and O–H groups in total. The van der Waals surface area contributed by atoms with Crippen molar-refractivity contribution in [1.82, 2.24) is 15.0 Å². The summed E-state index contributed by atoms with van der Waals surface area (Å²) in [6.07, 6.45) is 4.82. The first kappa shape index (κ1) is 16.2. The van der Waals surface area contributed by atoms with E-state index in [1.165, 1.54) is 16.7 Å². The summed E-state index contributed by atoms with van der Waals surface area (Å²) in [5.74, 6) is 0.605. The van der Waals surface area contributed by atoms with E-state index in [1.807, 2.05) is 12.3 Å². The molecule has 0 aliphatic carbocycles. The Balaban J connectivity index is 1.84. The summed E-state index contributed by atoms with van der Waals surface area (Å²) in [6, 6.07) is 12.7. The molecule has 2 aromatic carbocycles. The van der Waals surface area contributed by atoms with Crippen molar-refractivity contribution >= 4 is 33.6 Å². The fraction of sp³-hybridized carbons (Fsp3) is 0.182. The molecule has 0 unspecified atom stereocenters. The van der Waals surface area contributed by atoms with Crippen LogP contribution in [0.3, 0.4) is 0 Å². The Kier molecular flexibility index (Phi) is 3.85. The number of H-pyrrole nitrogens is 2. The molecule has 0 fully saturated rings. The van der Waals surface area contributed by atoms with Crippen LogP contribution in [0.4, 0.5) is 0 Å². The fourth-order valence-corrected chi connectivity index (χ4v) is 3.36. The first-order valence-electron chi connectivity index (χ1n) is 8.78. The Morgan fingerprint density at radius 3 is 2.81 bits per heavy atom. The van der Waals surface area contributed by atoms with E-state index in [2.05, 4.69) is 72.1 Å². The van der Waals surface area contributed by atoms with Crippen molar-refractivity contribution in [2.75, 3.05) is 0 Å². The van der Waals surface area contributed by atoms with E-state index in [4.69, 9.17) is 0 Å². The molecule has 26 heavy (non-hydrogen) atoms. The van der Waals surface area contributed by atoms with Crippen LogP contribution in [0.2, 0.25) is 0 Å². The number of hydrogen-bond acceptors (Lipinski definition) is 2. The quantitative estimate of drug-likeness (QED) is 0.498. The minimum Gasteiger partial charge on any atom is -0.360 e. The molecule has 0 aliphatic rings. The SMILES string of the molecule is CCc1cccc2c(/C=C(\C#N)c3nc4cc(C)c(C)cc4[nH]3)c[nH]c12. The van der Waals surface area contributed by atoms with Gasteiger partial charge in [0.1, 0.15) is 11.9 Å². The molecule has 0 radical (unpaired) electrons. The van der Waals surface area contributed by atoms with E-state index in [-0.39, 0.29) is 0 Å². The molecule has 4 heteroatoms. The number of fused-ring (bicyclic) bond motifs is 2. The number of hydrogen-bond donors (Lipinski definition) is 2. The molecule has 0 bridgehead atoms. The van der Waals surface area contributed by atoms with Crippen molar-refractivity contribution in [1.29, 1.82) is 5.26 Å². The van der Waals surface area contributed by atoms with Gasteiger partial charge in [-0.2, -0.15) is 5.26 Å². The van der Waals surface area contributed by atoms with Gasteiger partial charge in [-0.15, -0.1) is 0 Å². The minimum atomic E-state index is 0.527. The third-order valence-corrected chi connectivity index (χ3v) is 4.99. The van der Waals surface area contributed by atoms with E-state index in [0.29, 0.717) is 11.4 Å². The summed E-state index contributed by atoms with van der Waals surface area (Å²) >= 11 is 0. The van der Waals surface area contributed by atoms with Crippen LogP contribution >= 0.6 is 0 Å². The van der Waals surface area contributed by atoms with Crippen molar-refractivity contribution in [2.45, 2.75) is 27.2 Å². The Bertz CT molecular complexity index is 1160. The van der Waals surface area contributed by atoms with Gasteiger partial charge in [-0.3, -0.25) is 0 Å². The molecule has 128 valence electrons. The molecular formula is C22H20N4. The number of imidazole rings is 1. The lowest BCUT2D eigenvalue weighted by atomic mass is 10.1. The molecule has 4 nitrogen and oxygen atoms in total. The molecule has 4 aromatic rings. The molecule has 0 saturated heterocycles. The highest BCUT2D eigenvalue weighted by molar-refractivity contribution is 5.98. The van der Waals surface area contributed by atoms with Gasteiger partial charge >= 0.3 is 0 Å². The van der Waals surface area contributed by atoms with Crippen LogP contribution in [0.25, 0.3) is 33.6 Å². The van der Waals surface area contributed by atoms with Gasteiger partial charge < -0.3 is 9.97 Å². The normalized spacial score (nSPS) is 12.0. The van der Waals surface area contributed by atoms with Crippen LogP contribution in [0.5, 0.6) is 0 Å². The first-order valence-corrected chi connectivity index (χ1v) is 8.78. The second-order valence-electron chi connectivity index (χ2n) is 6.65. The maximum atomic E-state index is 9.70. The number of aryl methyl sites for hydroxylation is 3. The van der Waals surface area contributed by atoms with E-state index in [0.717, 1.165) is 33.9 Å². The van der Waals surface area contributed by atoms with Crippen LogP contribution in [0, 0.1) is 25.2 Å². The van der Waals surface area contributed by atoms with Crippen molar-refractivity contribution in [3.05, 3.63) is 64.6 Å². The number of para-hydroxylation sites is 1. The van der Waals surface area contributed by atoms with Crippen LogP contribution in [0.15, 0.2) is 36.5 Å². The Morgan fingerprint density at radius 2 is 2.04 bits per heavy atom. The standard InChI is InChI=1S/C22H20N4/c1-4-15-6-5-7-18-17(12-24-21(15)18)10-16(11-23)22-25-19-8-13(2)14(3)9-20(19)26-22/h5-10,12,24H,4H2,1-3H3,(H,25,26)/b16-10+. The van der Waals surface area contributed by atoms with Crippen LogP contribution < -0.4 is 0 Å². The molecular weight excluding hydrogens is 320 g/mol. The number of aromatic nitrogens is 3. The average Bonchev–Trinajstić information content (AvgIpc) is 3.23. The molecule has 4 rings (SSSR count). The summed E-state index contributed by atoms with van der Waals surface area (Å²) in [4.78, 5) is 11.3. The third-order valence-electron chi connectivity index (χ3n) is 4.99. The van der Waals surface area contributed by atoms with Crippen molar-refractivity contribution in [3.63, 3.8) is 0 Å². The van der Waals surface area contributed by atoms with Crippen LogP contribution in [0.1, 0.15) is 35.0 Å². The van der Waals surface area contributed by atoms with E-state index < -0.39 is 0 Å². The van der Waals surface area contributed by atoms with Gasteiger partial charge in [-0.1, -0.05) is 25.1 Å². The summed E-state index contributed by atoms with van der Waals surface area (Å²) in [5.41, 5.74) is 8.18. The van der Waals surface area contributed by atoms with E-state index >= 15 is 0 Å². The molecule has 2 heterocycles. The highest BCUT2D eigenvalue weighted by Crippen LogP contribution is 2.27. The highest BCUT2D eigenvalue weighted by atomic mass is 14.9. The summed E-state index contributed by atoms with van der Waals surface area (Å²) in [7, 11) is 0. The number of nitrogens with one attached hydrogen (secondary N) is 2. The number of nitriles is 1. The van der Waals surface area contributed by atoms with Gasteiger partial charge in [0.05, 0.1) is 16.6 Å². The number of benzene rings is 2. The maximum Gasteiger partial charge on any atom is 0.149 e. The summed E-state index contributed by atoms with van der Waals surface area (Å²) < 4.78 is 0. The highest BCUT2D eigenvalue weighted by Gasteiger charge is 2.11. The van der Waals surface area contributed by atoms with Gasteiger partial charge in [0.25, 0.3) is 0 Å². The van der Waals surface area contributed by atoms with Gasteiger partial charge in [-0.05, 0) is 55.2 Å². The molecule has 0 aliphatic heterocycles. The van der Waals surface area contributed by atoms with Crippen LogP contribution in [-0.4, -0.2) is 15.0 Å². The number of aromatic amines is 2. The Morgan fingerprint density at radius 1 is 1.23 bits per heavy atom. The molecule has 2 aromatic heterocycles. The Hall–Kier alpha value is -3.32. The molecule has 0 spiro atoms. The lowest BCUT2D eigenvalue weighted by Crippen LogP contribution is -1.85. The van der Waals surface area contributed by atoms with Crippen molar-refractivity contribution in [2.24, 2.45) is 0 Å². The van der Waals surface area contributed by atoms with Crippen LogP contribution in [-0.2, 0) is 6.42 Å².